The van der Waals surface area contributed by atoms with Gasteiger partial charge >= 0.3 is 5.97 Å². The van der Waals surface area contributed by atoms with Gasteiger partial charge in [-0.05, 0) is 36.4 Å². The Morgan fingerprint density at radius 3 is 2.56 bits per heavy atom. The number of carbonyl (C=O) groups is 1. The van der Waals surface area contributed by atoms with E-state index in [4.69, 9.17) is 16.7 Å². The third-order valence-electron chi connectivity index (χ3n) is 2.27. The van der Waals surface area contributed by atoms with E-state index in [1.807, 2.05) is 29.0 Å². The van der Waals surface area contributed by atoms with Gasteiger partial charge in [-0.25, -0.2) is 0 Å². The Kier molecular flexibility index (Phi) is 2.97. The molecule has 0 unspecified atom stereocenters. The second-order valence-corrected chi connectivity index (χ2v) is 3.85. The third-order valence-corrected chi connectivity index (χ3v) is 2.52. The zero-order chi connectivity index (χ0) is 11.5. The van der Waals surface area contributed by atoms with Crippen molar-refractivity contribution in [3.8, 4) is 5.69 Å². The number of benzene rings is 1. The van der Waals surface area contributed by atoms with Crippen LogP contribution < -0.4 is 0 Å². The molecule has 1 aromatic carbocycles. The van der Waals surface area contributed by atoms with Gasteiger partial charge in [0.2, 0.25) is 0 Å². The number of aromatic nitrogens is 1. The Morgan fingerprint density at radius 1 is 1.25 bits per heavy atom. The summed E-state index contributed by atoms with van der Waals surface area (Å²) >= 11 is 5.79. The highest BCUT2D eigenvalue weighted by atomic mass is 35.5. The molecule has 82 valence electrons. The summed E-state index contributed by atoms with van der Waals surface area (Å²) in [6.07, 6.45) is 1.84. The fourth-order valence-corrected chi connectivity index (χ4v) is 1.69. The van der Waals surface area contributed by atoms with E-state index in [1.54, 1.807) is 18.2 Å². The maximum Gasteiger partial charge on any atom is 0.309 e. The number of halogens is 1. The van der Waals surface area contributed by atoms with E-state index in [0.717, 1.165) is 11.4 Å². The van der Waals surface area contributed by atoms with Crippen LogP contribution in [0.2, 0.25) is 5.02 Å². The lowest BCUT2D eigenvalue weighted by Gasteiger charge is -2.07. The molecule has 16 heavy (non-hydrogen) atoms. The average Bonchev–Trinajstić information content (AvgIpc) is 2.66. The van der Waals surface area contributed by atoms with Gasteiger partial charge in [0.25, 0.3) is 0 Å². The van der Waals surface area contributed by atoms with Crippen molar-refractivity contribution in [2.75, 3.05) is 0 Å². The van der Waals surface area contributed by atoms with Gasteiger partial charge in [0, 0.05) is 22.6 Å². The lowest BCUT2D eigenvalue weighted by Crippen LogP contribution is -2.05. The zero-order valence-electron chi connectivity index (χ0n) is 8.43. The first-order valence-electron chi connectivity index (χ1n) is 4.81. The van der Waals surface area contributed by atoms with Crippen LogP contribution in [0.4, 0.5) is 0 Å². The first kappa shape index (κ1) is 10.8. The SMILES string of the molecule is O=C(O)Cc1cccn1-c1ccc(Cl)cc1. The minimum absolute atomic E-state index is 0.00955. The van der Waals surface area contributed by atoms with Crippen molar-refractivity contribution in [2.45, 2.75) is 6.42 Å². The molecule has 0 saturated carbocycles. The number of carboxylic acid groups (broad SMARTS) is 1. The highest BCUT2D eigenvalue weighted by Gasteiger charge is 2.06. The van der Waals surface area contributed by atoms with Crippen molar-refractivity contribution in [1.29, 1.82) is 0 Å². The van der Waals surface area contributed by atoms with E-state index in [9.17, 15) is 4.79 Å². The normalized spacial score (nSPS) is 10.3. The molecule has 1 aromatic heterocycles. The molecule has 0 saturated heterocycles. The van der Waals surface area contributed by atoms with Gasteiger partial charge in [0.1, 0.15) is 0 Å². The predicted octanol–water partition coefficient (Wildman–Crippen LogP) is 2.76. The molecule has 0 fully saturated rings. The molecule has 1 N–H and O–H groups in total. The molecular formula is C12H10ClNO2. The van der Waals surface area contributed by atoms with E-state index in [2.05, 4.69) is 0 Å². The molecule has 0 aliphatic carbocycles. The number of hydrogen-bond donors (Lipinski definition) is 1. The maximum atomic E-state index is 10.7. The molecule has 2 rings (SSSR count). The fourth-order valence-electron chi connectivity index (χ4n) is 1.57. The molecule has 0 atom stereocenters. The Morgan fingerprint density at radius 2 is 1.94 bits per heavy atom. The average molecular weight is 236 g/mol. The first-order chi connectivity index (χ1) is 7.66. The quantitative estimate of drug-likeness (QED) is 0.889. The van der Waals surface area contributed by atoms with Gasteiger partial charge in [-0.1, -0.05) is 11.6 Å². The van der Waals surface area contributed by atoms with Gasteiger partial charge in [0.05, 0.1) is 6.42 Å². The van der Waals surface area contributed by atoms with Gasteiger partial charge in [-0.2, -0.15) is 0 Å². The van der Waals surface area contributed by atoms with Crippen molar-refractivity contribution < 1.29 is 9.90 Å². The molecule has 0 amide bonds. The molecule has 3 nitrogen and oxygen atoms in total. The van der Waals surface area contributed by atoms with E-state index >= 15 is 0 Å². The predicted molar refractivity (Wildman–Crippen MR) is 62.1 cm³/mol. The Hall–Kier alpha value is -1.74. The van der Waals surface area contributed by atoms with Crippen LogP contribution in [-0.2, 0) is 11.2 Å². The van der Waals surface area contributed by atoms with E-state index in [0.29, 0.717) is 5.02 Å². The van der Waals surface area contributed by atoms with Crippen LogP contribution in [0.15, 0.2) is 42.6 Å². The Bertz CT molecular complexity index is 502. The fraction of sp³-hybridized carbons (Fsp3) is 0.0833. The smallest absolute Gasteiger partial charge is 0.309 e. The van der Waals surface area contributed by atoms with E-state index < -0.39 is 5.97 Å². The molecule has 4 heteroatoms. The third kappa shape index (κ3) is 2.25. The molecule has 0 aliphatic rings. The minimum atomic E-state index is -0.839. The van der Waals surface area contributed by atoms with Gasteiger partial charge < -0.3 is 9.67 Å². The van der Waals surface area contributed by atoms with Crippen LogP contribution >= 0.6 is 11.6 Å². The summed E-state index contributed by atoms with van der Waals surface area (Å²) in [7, 11) is 0. The number of rotatable bonds is 3. The van der Waals surface area contributed by atoms with Crippen LogP contribution in [0.1, 0.15) is 5.69 Å². The van der Waals surface area contributed by atoms with E-state index in [-0.39, 0.29) is 6.42 Å². The molecule has 1 heterocycles. The molecule has 0 bridgehead atoms. The van der Waals surface area contributed by atoms with Crippen LogP contribution in [0.25, 0.3) is 5.69 Å². The van der Waals surface area contributed by atoms with Crippen molar-refractivity contribution in [3.05, 3.63) is 53.3 Å². The Labute approximate surface area is 97.9 Å². The lowest BCUT2D eigenvalue weighted by molar-refractivity contribution is -0.136. The highest BCUT2D eigenvalue weighted by molar-refractivity contribution is 6.30. The molecule has 0 spiro atoms. The number of carboxylic acids is 1. The summed E-state index contributed by atoms with van der Waals surface area (Å²) in [5.41, 5.74) is 1.65. The number of nitrogens with zero attached hydrogens (tertiary/aromatic N) is 1. The van der Waals surface area contributed by atoms with Gasteiger partial charge in [-0.15, -0.1) is 0 Å². The second-order valence-electron chi connectivity index (χ2n) is 3.42. The summed E-state index contributed by atoms with van der Waals surface area (Å²) in [4.78, 5) is 10.7. The summed E-state index contributed by atoms with van der Waals surface area (Å²) in [5.74, 6) is -0.839. The number of aliphatic carboxylic acids is 1. The Balaban J connectivity index is 2.36. The van der Waals surface area contributed by atoms with E-state index in [1.165, 1.54) is 0 Å². The monoisotopic (exact) mass is 235 g/mol. The van der Waals surface area contributed by atoms with Crippen LogP contribution in [0.5, 0.6) is 0 Å². The summed E-state index contributed by atoms with van der Waals surface area (Å²) in [6, 6.07) is 10.9. The maximum absolute atomic E-state index is 10.7. The molecule has 0 aliphatic heterocycles. The second kappa shape index (κ2) is 4.41. The largest absolute Gasteiger partial charge is 0.481 e. The van der Waals surface area contributed by atoms with Gasteiger partial charge in [-0.3, -0.25) is 4.79 Å². The summed E-state index contributed by atoms with van der Waals surface area (Å²) < 4.78 is 1.84. The first-order valence-corrected chi connectivity index (χ1v) is 5.18. The van der Waals surface area contributed by atoms with Gasteiger partial charge in [0.15, 0.2) is 0 Å². The van der Waals surface area contributed by atoms with Crippen LogP contribution in [0, 0.1) is 0 Å². The van der Waals surface area contributed by atoms with Crippen LogP contribution in [-0.4, -0.2) is 15.6 Å². The summed E-state index contributed by atoms with van der Waals surface area (Å²) in [6.45, 7) is 0. The van der Waals surface area contributed by atoms with Crippen molar-refractivity contribution in [1.82, 2.24) is 4.57 Å². The van der Waals surface area contributed by atoms with Crippen LogP contribution in [0.3, 0.4) is 0 Å². The lowest BCUT2D eigenvalue weighted by atomic mass is 10.2. The molecule has 0 radical (unpaired) electrons. The topological polar surface area (TPSA) is 42.2 Å². The molecular weight excluding hydrogens is 226 g/mol. The highest BCUT2D eigenvalue weighted by Crippen LogP contribution is 2.16. The van der Waals surface area contributed by atoms with Crippen molar-refractivity contribution >= 4 is 17.6 Å². The minimum Gasteiger partial charge on any atom is -0.481 e. The number of hydrogen-bond acceptors (Lipinski definition) is 1. The zero-order valence-corrected chi connectivity index (χ0v) is 9.19. The molecule has 2 aromatic rings. The van der Waals surface area contributed by atoms with Crippen molar-refractivity contribution in [3.63, 3.8) is 0 Å². The van der Waals surface area contributed by atoms with Crippen molar-refractivity contribution in [2.24, 2.45) is 0 Å². The standard InChI is InChI=1S/C12H10ClNO2/c13-9-3-5-10(6-4-9)14-7-1-2-11(14)8-12(15)16/h1-7H,8H2,(H,15,16). The summed E-state index contributed by atoms with van der Waals surface area (Å²) in [5, 5.41) is 9.43.